The third-order valence-electron chi connectivity index (χ3n) is 4.83. The summed E-state index contributed by atoms with van der Waals surface area (Å²) in [6.07, 6.45) is -1.27. The molecule has 1 aromatic rings. The van der Waals surface area contributed by atoms with Gasteiger partial charge in [0.15, 0.2) is 0 Å². The maximum Gasteiger partial charge on any atom is 0.410 e. The van der Waals surface area contributed by atoms with Gasteiger partial charge in [-0.05, 0) is 12.5 Å². The standard InChI is InChI=1S/C19H26N2O5/c1-12(10-16(23)24)20-15(22)11-14-19(2,3)17(21(4)18(25)26-14)13-8-6-5-7-9-13/h5-9,12,14,17H,10-11H2,1-4H3,(H,20,22)(H,23,24). The molecule has 142 valence electrons. The van der Waals surface area contributed by atoms with Crippen LogP contribution < -0.4 is 5.32 Å². The Hall–Kier alpha value is -2.57. The lowest BCUT2D eigenvalue weighted by Crippen LogP contribution is -2.54. The highest BCUT2D eigenvalue weighted by atomic mass is 16.6. The van der Waals surface area contributed by atoms with Crippen LogP contribution in [0.25, 0.3) is 0 Å². The van der Waals surface area contributed by atoms with E-state index in [0.29, 0.717) is 0 Å². The van der Waals surface area contributed by atoms with Gasteiger partial charge in [-0.2, -0.15) is 0 Å². The number of rotatable bonds is 6. The van der Waals surface area contributed by atoms with Gasteiger partial charge in [-0.1, -0.05) is 44.2 Å². The van der Waals surface area contributed by atoms with Gasteiger partial charge in [0.1, 0.15) is 6.10 Å². The Morgan fingerprint density at radius 2 is 1.92 bits per heavy atom. The molecule has 1 aromatic carbocycles. The van der Waals surface area contributed by atoms with Crippen molar-refractivity contribution in [3.05, 3.63) is 35.9 Å². The molecule has 26 heavy (non-hydrogen) atoms. The SMILES string of the molecule is CC(CC(=O)O)NC(=O)CC1OC(=O)N(C)C(c2ccccc2)C1(C)C. The van der Waals surface area contributed by atoms with Crippen molar-refractivity contribution in [1.29, 1.82) is 0 Å². The summed E-state index contributed by atoms with van der Waals surface area (Å²) in [6.45, 7) is 5.56. The molecule has 1 aliphatic heterocycles. The minimum atomic E-state index is -0.979. The maximum atomic E-state index is 12.3. The molecule has 2 rings (SSSR count). The molecule has 0 radical (unpaired) electrons. The van der Waals surface area contributed by atoms with E-state index in [1.165, 1.54) is 0 Å². The summed E-state index contributed by atoms with van der Waals surface area (Å²) in [5.41, 5.74) is 0.457. The summed E-state index contributed by atoms with van der Waals surface area (Å²) in [6, 6.07) is 8.91. The van der Waals surface area contributed by atoms with Crippen molar-refractivity contribution in [3.63, 3.8) is 0 Å². The van der Waals surface area contributed by atoms with Crippen molar-refractivity contribution in [3.8, 4) is 0 Å². The fourth-order valence-corrected chi connectivity index (χ4v) is 3.55. The van der Waals surface area contributed by atoms with Crippen molar-refractivity contribution >= 4 is 18.0 Å². The number of carboxylic acid groups (broad SMARTS) is 1. The van der Waals surface area contributed by atoms with Crippen LogP contribution in [0, 0.1) is 5.41 Å². The number of carbonyl (C=O) groups is 3. The molecule has 0 bridgehead atoms. The number of ether oxygens (including phenoxy) is 1. The number of nitrogens with zero attached hydrogens (tertiary/aromatic N) is 1. The quantitative estimate of drug-likeness (QED) is 0.811. The zero-order valence-corrected chi connectivity index (χ0v) is 15.6. The lowest BCUT2D eigenvalue weighted by molar-refractivity contribution is -0.137. The Kier molecular flexibility index (Phi) is 5.90. The first-order valence-corrected chi connectivity index (χ1v) is 8.62. The van der Waals surface area contributed by atoms with Crippen molar-refractivity contribution in [2.45, 2.75) is 51.8 Å². The summed E-state index contributed by atoms with van der Waals surface area (Å²) < 4.78 is 5.51. The lowest BCUT2D eigenvalue weighted by atomic mass is 9.73. The smallest absolute Gasteiger partial charge is 0.410 e. The van der Waals surface area contributed by atoms with Gasteiger partial charge in [0.2, 0.25) is 5.91 Å². The first-order chi connectivity index (χ1) is 12.1. The zero-order chi connectivity index (χ0) is 19.5. The molecule has 7 nitrogen and oxygen atoms in total. The van der Waals surface area contributed by atoms with Gasteiger partial charge in [0.25, 0.3) is 0 Å². The molecule has 3 unspecified atom stereocenters. The number of aliphatic carboxylic acids is 1. The highest BCUT2D eigenvalue weighted by Gasteiger charge is 2.49. The van der Waals surface area contributed by atoms with Gasteiger partial charge in [0.05, 0.1) is 18.9 Å². The van der Waals surface area contributed by atoms with Gasteiger partial charge >= 0.3 is 12.1 Å². The van der Waals surface area contributed by atoms with E-state index < -0.39 is 29.6 Å². The summed E-state index contributed by atoms with van der Waals surface area (Å²) in [5, 5.41) is 11.5. The van der Waals surface area contributed by atoms with Crippen molar-refractivity contribution in [2.24, 2.45) is 5.41 Å². The Labute approximate surface area is 153 Å². The van der Waals surface area contributed by atoms with Gasteiger partial charge < -0.3 is 20.1 Å². The van der Waals surface area contributed by atoms with E-state index in [1.54, 1.807) is 18.9 Å². The summed E-state index contributed by atoms with van der Waals surface area (Å²) >= 11 is 0. The van der Waals surface area contributed by atoms with E-state index in [4.69, 9.17) is 9.84 Å². The third-order valence-corrected chi connectivity index (χ3v) is 4.83. The molecule has 0 aliphatic carbocycles. The van der Waals surface area contributed by atoms with Crippen molar-refractivity contribution < 1.29 is 24.2 Å². The van der Waals surface area contributed by atoms with Crippen LogP contribution in [0.1, 0.15) is 45.2 Å². The average molecular weight is 362 g/mol. The molecule has 1 aliphatic rings. The number of carboxylic acids is 1. The zero-order valence-electron chi connectivity index (χ0n) is 15.6. The topological polar surface area (TPSA) is 95.9 Å². The predicted octanol–water partition coefficient (Wildman–Crippen LogP) is 2.57. The summed E-state index contributed by atoms with van der Waals surface area (Å²) in [5.74, 6) is -1.31. The molecule has 3 atom stereocenters. The second-order valence-corrected chi connectivity index (χ2v) is 7.39. The summed E-state index contributed by atoms with van der Waals surface area (Å²) in [7, 11) is 1.69. The van der Waals surface area contributed by atoms with E-state index in [0.717, 1.165) is 5.56 Å². The van der Waals surface area contributed by atoms with Crippen molar-refractivity contribution in [2.75, 3.05) is 7.05 Å². The fourth-order valence-electron chi connectivity index (χ4n) is 3.55. The Bertz CT molecular complexity index is 674. The first-order valence-electron chi connectivity index (χ1n) is 8.62. The van der Waals surface area contributed by atoms with Gasteiger partial charge in [-0.3, -0.25) is 9.59 Å². The van der Waals surface area contributed by atoms with Crippen LogP contribution in [-0.4, -0.2) is 47.2 Å². The highest BCUT2D eigenvalue weighted by molar-refractivity contribution is 5.79. The number of amides is 2. The molecule has 1 saturated heterocycles. The normalized spacial score (nSPS) is 23.1. The second kappa shape index (κ2) is 7.76. The van der Waals surface area contributed by atoms with E-state index in [9.17, 15) is 14.4 Å². The number of hydrogen-bond acceptors (Lipinski definition) is 4. The van der Waals surface area contributed by atoms with Crippen LogP contribution in [0.3, 0.4) is 0 Å². The molecule has 2 amide bonds. The first kappa shape index (κ1) is 19.8. The van der Waals surface area contributed by atoms with E-state index >= 15 is 0 Å². The van der Waals surface area contributed by atoms with Crippen LogP contribution in [0.2, 0.25) is 0 Å². The fraction of sp³-hybridized carbons (Fsp3) is 0.526. The third kappa shape index (κ3) is 4.33. The molecule has 2 N–H and O–H groups in total. The van der Waals surface area contributed by atoms with E-state index in [2.05, 4.69) is 5.32 Å². The molecule has 0 aromatic heterocycles. The number of nitrogens with one attached hydrogen (secondary N) is 1. The Balaban J connectivity index is 2.17. The van der Waals surface area contributed by atoms with Crippen LogP contribution in [0.5, 0.6) is 0 Å². The lowest BCUT2D eigenvalue weighted by Gasteiger charge is -2.48. The monoisotopic (exact) mass is 362 g/mol. The van der Waals surface area contributed by atoms with Gasteiger partial charge in [0, 0.05) is 18.5 Å². The minimum absolute atomic E-state index is 0.0140. The van der Waals surface area contributed by atoms with E-state index in [-0.39, 0.29) is 24.8 Å². The Morgan fingerprint density at radius 3 is 2.50 bits per heavy atom. The van der Waals surface area contributed by atoms with Gasteiger partial charge in [-0.15, -0.1) is 0 Å². The molecule has 7 heteroatoms. The van der Waals surface area contributed by atoms with Crippen LogP contribution in [0.4, 0.5) is 4.79 Å². The minimum Gasteiger partial charge on any atom is -0.481 e. The number of carbonyl (C=O) groups excluding carboxylic acids is 2. The summed E-state index contributed by atoms with van der Waals surface area (Å²) in [4.78, 5) is 36.9. The molecule has 1 fully saturated rings. The molecular weight excluding hydrogens is 336 g/mol. The second-order valence-electron chi connectivity index (χ2n) is 7.39. The highest BCUT2D eigenvalue weighted by Crippen LogP contribution is 2.46. The predicted molar refractivity (Wildman–Crippen MR) is 95.5 cm³/mol. The van der Waals surface area contributed by atoms with Crippen LogP contribution in [0.15, 0.2) is 30.3 Å². The number of hydrogen-bond donors (Lipinski definition) is 2. The largest absolute Gasteiger partial charge is 0.481 e. The average Bonchev–Trinajstić information content (AvgIpc) is 2.52. The molecule has 0 saturated carbocycles. The van der Waals surface area contributed by atoms with Crippen molar-refractivity contribution in [1.82, 2.24) is 10.2 Å². The van der Waals surface area contributed by atoms with Crippen LogP contribution >= 0.6 is 0 Å². The maximum absolute atomic E-state index is 12.3. The van der Waals surface area contributed by atoms with E-state index in [1.807, 2.05) is 44.2 Å². The molecule has 1 heterocycles. The number of cyclic esters (lactones) is 1. The number of benzene rings is 1. The Morgan fingerprint density at radius 1 is 1.31 bits per heavy atom. The molecule has 0 spiro atoms. The van der Waals surface area contributed by atoms with Crippen LogP contribution in [-0.2, 0) is 14.3 Å². The van der Waals surface area contributed by atoms with Gasteiger partial charge in [-0.25, -0.2) is 4.79 Å². The molecular formula is C19H26N2O5.